The Balaban J connectivity index is 2.02. The minimum absolute atomic E-state index is 0.0148. The van der Waals surface area contributed by atoms with Gasteiger partial charge in [-0.1, -0.05) is 75.9 Å². The maximum atomic E-state index is 14.2. The smallest absolute Gasteiger partial charge is 0.288 e. The Kier molecular flexibility index (Phi) is 5.53. The highest BCUT2D eigenvalue weighted by molar-refractivity contribution is 7.63. The van der Waals surface area contributed by atoms with Gasteiger partial charge in [0.05, 0.1) is 5.56 Å². The van der Waals surface area contributed by atoms with Crippen molar-refractivity contribution in [2.45, 2.75) is 73.1 Å². The molecule has 0 saturated heterocycles. The molecule has 2 nitrogen and oxygen atoms in total. The Bertz CT molecular complexity index is 1310. The van der Waals surface area contributed by atoms with Crippen LogP contribution in [0.2, 0.25) is 0 Å². The summed E-state index contributed by atoms with van der Waals surface area (Å²) < 4.78 is 14.0. The van der Waals surface area contributed by atoms with Crippen molar-refractivity contribution in [1.29, 1.82) is 0 Å². The molecule has 0 N–H and O–H groups in total. The fourth-order valence-corrected chi connectivity index (χ4v) is 6.80. The predicted octanol–water partition coefficient (Wildman–Crippen LogP) is 7.20. The highest BCUT2D eigenvalue weighted by atomic mass is 31.1. The van der Waals surface area contributed by atoms with Crippen LogP contribution in [0, 0.1) is 20.8 Å². The van der Waals surface area contributed by atoms with Crippen molar-refractivity contribution in [3.05, 3.63) is 81.4 Å². The number of benzene rings is 3. The first-order valence-corrected chi connectivity index (χ1v) is 12.9. The average Bonchev–Trinajstić information content (AvgIpc) is 2.97. The molecule has 3 aromatic carbocycles. The maximum Gasteiger partial charge on any atom is 0.417 e. The van der Waals surface area contributed by atoms with Crippen molar-refractivity contribution in [3.63, 3.8) is 0 Å². The molecule has 1 aliphatic heterocycles. The first-order chi connectivity index (χ1) is 15.2. The van der Waals surface area contributed by atoms with Gasteiger partial charge in [-0.25, -0.2) is 0 Å². The van der Waals surface area contributed by atoms with E-state index in [1.54, 1.807) is 0 Å². The van der Waals surface area contributed by atoms with Gasteiger partial charge in [0.15, 0.2) is 5.78 Å². The van der Waals surface area contributed by atoms with Crippen molar-refractivity contribution in [1.82, 2.24) is 0 Å². The van der Waals surface area contributed by atoms with Crippen LogP contribution in [0.3, 0.4) is 0 Å². The van der Waals surface area contributed by atoms with Gasteiger partial charge in [0.2, 0.25) is 10.6 Å². The maximum absolute atomic E-state index is 14.2. The Morgan fingerprint density at radius 3 is 1.85 bits per heavy atom. The van der Waals surface area contributed by atoms with E-state index >= 15 is 0 Å². The van der Waals surface area contributed by atoms with Gasteiger partial charge in [-0.05, 0) is 72.1 Å². The zero-order valence-corrected chi connectivity index (χ0v) is 22.2. The van der Waals surface area contributed by atoms with E-state index in [2.05, 4.69) is 90.9 Å². The van der Waals surface area contributed by atoms with Crippen LogP contribution in [0.15, 0.2) is 42.5 Å². The second-order valence-electron chi connectivity index (χ2n) is 11.5. The Labute approximate surface area is 199 Å². The third kappa shape index (κ3) is 3.89. The number of hydrogen-bond acceptors (Lipinski definition) is 2. The van der Waals surface area contributed by atoms with Crippen molar-refractivity contribution < 1.29 is 9.36 Å². The van der Waals surface area contributed by atoms with Crippen molar-refractivity contribution in [3.8, 4) is 11.1 Å². The molecule has 3 aromatic rings. The van der Waals surface area contributed by atoms with Crippen LogP contribution in [0.1, 0.15) is 85.3 Å². The molecule has 1 heterocycles. The zero-order chi connectivity index (χ0) is 24.5. The molecule has 1 unspecified atom stereocenters. The van der Waals surface area contributed by atoms with E-state index < -0.39 is 7.80 Å². The first kappa shape index (κ1) is 23.6. The summed E-state index contributed by atoms with van der Waals surface area (Å²) in [4.78, 5) is 14.2. The molecular weight excluding hydrogens is 423 g/mol. The number of hydrogen-bond donors (Lipinski definition) is 0. The van der Waals surface area contributed by atoms with Gasteiger partial charge in [0.25, 0.3) is 0 Å². The highest BCUT2D eigenvalue weighted by Crippen LogP contribution is 2.43. The van der Waals surface area contributed by atoms with Gasteiger partial charge < -0.3 is 0 Å². The predicted molar refractivity (Wildman–Crippen MR) is 140 cm³/mol. The van der Waals surface area contributed by atoms with Crippen LogP contribution in [0.5, 0.6) is 0 Å². The first-order valence-electron chi connectivity index (χ1n) is 11.6. The number of rotatable bonds is 2. The number of carbonyl (C=O) groups is 1. The molecule has 33 heavy (non-hydrogen) atoms. The lowest BCUT2D eigenvalue weighted by Gasteiger charge is -2.23. The number of fused-ring (bicyclic) bond motifs is 3. The average molecular weight is 458 g/mol. The Hall–Kier alpha value is -2.57. The third-order valence-corrected chi connectivity index (χ3v) is 8.37. The molecule has 0 fully saturated rings. The molecule has 170 valence electrons. The summed E-state index contributed by atoms with van der Waals surface area (Å²) in [5, 5.41) is 1.56. The minimum atomic E-state index is -1.86. The van der Waals surface area contributed by atoms with Gasteiger partial charge in [-0.2, -0.15) is 0 Å². The summed E-state index contributed by atoms with van der Waals surface area (Å²) in [6.45, 7) is 18.9. The molecule has 0 bridgehead atoms. The van der Waals surface area contributed by atoms with E-state index in [-0.39, 0.29) is 16.6 Å². The van der Waals surface area contributed by atoms with Crippen LogP contribution in [0.25, 0.3) is 11.1 Å². The second-order valence-corrected chi connectivity index (χ2v) is 13.0. The lowest BCUT2D eigenvalue weighted by Crippen LogP contribution is -2.25. The van der Waals surface area contributed by atoms with E-state index in [1.165, 1.54) is 0 Å². The van der Waals surface area contributed by atoms with Crippen LogP contribution in [-0.2, 0) is 15.4 Å². The third-order valence-electron chi connectivity index (χ3n) is 6.69. The lowest BCUT2D eigenvalue weighted by molar-refractivity contribution is 0.103. The second kappa shape index (κ2) is 7.74. The molecule has 3 heteroatoms. The molecule has 0 aromatic heterocycles. The monoisotopic (exact) mass is 457 g/mol. The zero-order valence-electron chi connectivity index (χ0n) is 21.3. The van der Waals surface area contributed by atoms with Crippen LogP contribution >= 0.6 is 7.80 Å². The van der Waals surface area contributed by atoms with E-state index in [0.717, 1.165) is 49.8 Å². The largest absolute Gasteiger partial charge is 0.417 e. The topological polar surface area (TPSA) is 34.1 Å². The quantitative estimate of drug-likeness (QED) is 0.236. The summed E-state index contributed by atoms with van der Waals surface area (Å²) in [5.41, 5.74) is 8.19. The van der Waals surface area contributed by atoms with Crippen LogP contribution in [0.4, 0.5) is 0 Å². The normalized spacial score (nSPS) is 14.3. The molecule has 4 rings (SSSR count). The van der Waals surface area contributed by atoms with Gasteiger partial charge in [-0.3, -0.25) is 4.79 Å². The molecule has 1 aliphatic rings. The molecule has 0 saturated carbocycles. The number of aryl methyl sites for hydroxylation is 3. The standard InChI is InChI=1S/C30H34O2P/c1-17-14-18(2)25(19(3)15-17)27(31)26-23(30(7,8)9)13-12-22-21-11-10-20(29(4,5)6)16-24(21)33(32)28(22)26/h10-16H,1-9H3/q+1. The molecule has 0 aliphatic carbocycles. The number of ketones is 1. The SMILES string of the molecule is Cc1cc(C)c(C(=O)c2c(C(C)(C)C)ccc3c2[P+](=O)c2cc(C(C)(C)C)ccc2-3)c(C)c1. The Morgan fingerprint density at radius 1 is 0.727 bits per heavy atom. The summed E-state index contributed by atoms with van der Waals surface area (Å²) in [6, 6.07) is 14.6. The minimum Gasteiger partial charge on any atom is -0.288 e. The summed E-state index contributed by atoms with van der Waals surface area (Å²) >= 11 is 0. The van der Waals surface area contributed by atoms with Crippen LogP contribution in [-0.4, -0.2) is 5.78 Å². The van der Waals surface area contributed by atoms with E-state index in [9.17, 15) is 9.36 Å². The van der Waals surface area contributed by atoms with Crippen molar-refractivity contribution in [2.75, 3.05) is 0 Å². The summed E-state index contributed by atoms with van der Waals surface area (Å²) in [5.74, 6) is -0.0148. The Morgan fingerprint density at radius 2 is 1.30 bits per heavy atom. The lowest BCUT2D eigenvalue weighted by atomic mass is 9.79. The van der Waals surface area contributed by atoms with E-state index in [4.69, 9.17) is 0 Å². The van der Waals surface area contributed by atoms with E-state index in [1.807, 2.05) is 13.8 Å². The van der Waals surface area contributed by atoms with Gasteiger partial charge >= 0.3 is 7.80 Å². The number of carbonyl (C=O) groups excluding carboxylic acids is 1. The van der Waals surface area contributed by atoms with Gasteiger partial charge in [0, 0.05) is 16.7 Å². The highest BCUT2D eigenvalue weighted by Gasteiger charge is 2.45. The molecule has 1 atom stereocenters. The van der Waals surface area contributed by atoms with Crippen LogP contribution < -0.4 is 10.6 Å². The molecule has 0 radical (unpaired) electrons. The van der Waals surface area contributed by atoms with E-state index in [0.29, 0.717) is 10.9 Å². The van der Waals surface area contributed by atoms with Gasteiger partial charge in [0.1, 0.15) is 0 Å². The fraction of sp³-hybridized carbons (Fsp3) is 0.367. The van der Waals surface area contributed by atoms with Gasteiger partial charge in [-0.15, -0.1) is 0 Å². The summed E-state index contributed by atoms with van der Waals surface area (Å²) in [6.07, 6.45) is 0. The van der Waals surface area contributed by atoms with Crippen molar-refractivity contribution in [2.24, 2.45) is 0 Å². The van der Waals surface area contributed by atoms with Crippen molar-refractivity contribution >= 4 is 24.2 Å². The molecule has 0 amide bonds. The summed E-state index contributed by atoms with van der Waals surface area (Å²) in [7, 11) is -1.86. The molecular formula is C30H34O2P+. The fourth-order valence-electron chi connectivity index (χ4n) is 5.05. The molecule has 0 spiro atoms.